The van der Waals surface area contributed by atoms with E-state index in [-0.39, 0.29) is 35.1 Å². The molecule has 2 aromatic rings. The van der Waals surface area contributed by atoms with Gasteiger partial charge in [-0.05, 0) is 31.2 Å². The molecule has 1 aromatic heterocycles. The fourth-order valence-electron chi connectivity index (χ4n) is 2.84. The van der Waals surface area contributed by atoms with Gasteiger partial charge in [0, 0.05) is 32.7 Å². The molecular weight excluding hydrogens is 417 g/mol. The van der Waals surface area contributed by atoms with Crippen LogP contribution in [0.2, 0.25) is 0 Å². The van der Waals surface area contributed by atoms with Gasteiger partial charge in [0.1, 0.15) is 0 Å². The summed E-state index contributed by atoms with van der Waals surface area (Å²) in [4.78, 5) is 29.9. The maximum Gasteiger partial charge on any atom is 0.326 e. The van der Waals surface area contributed by atoms with E-state index in [9.17, 15) is 18.0 Å². The normalized spacial score (nSPS) is 15.1. The largest absolute Gasteiger partial charge is 0.326 e. The van der Waals surface area contributed by atoms with Crippen LogP contribution >= 0.6 is 24.8 Å². The Bertz CT molecular complexity index is 970. The average Bonchev–Trinajstić information content (AvgIpc) is 2.59. The summed E-state index contributed by atoms with van der Waals surface area (Å²) in [6, 6.07) is 4.06. The number of nitrogens with one attached hydrogen (secondary N) is 4. The highest BCUT2D eigenvalue weighted by molar-refractivity contribution is 7.89. The Kier molecular flexibility index (Phi) is 8.92. The summed E-state index contributed by atoms with van der Waals surface area (Å²) >= 11 is 0. The third-order valence-corrected chi connectivity index (χ3v) is 5.63. The van der Waals surface area contributed by atoms with Crippen LogP contribution < -0.4 is 21.3 Å². The monoisotopic (exact) mass is 439 g/mol. The smallest absolute Gasteiger partial charge is 0.314 e. The van der Waals surface area contributed by atoms with Gasteiger partial charge in [0.05, 0.1) is 15.8 Å². The lowest BCUT2D eigenvalue weighted by atomic mass is 10.2. The van der Waals surface area contributed by atoms with Crippen molar-refractivity contribution in [2.45, 2.75) is 11.3 Å². The highest BCUT2D eigenvalue weighted by atomic mass is 35.5. The Balaban J connectivity index is 0.00000182. The highest BCUT2D eigenvalue weighted by Crippen LogP contribution is 2.13. The summed E-state index contributed by atoms with van der Waals surface area (Å²) in [5.41, 5.74) is -0.944. The Morgan fingerprint density at radius 1 is 1.07 bits per heavy atom. The lowest BCUT2D eigenvalue weighted by molar-refractivity contribution is 0.239. The quantitative estimate of drug-likeness (QED) is 0.454. The predicted octanol–water partition coefficient (Wildman–Crippen LogP) is -0.366. The number of hydrogen-bond donors (Lipinski definition) is 4. The van der Waals surface area contributed by atoms with Crippen LogP contribution in [0.5, 0.6) is 0 Å². The zero-order valence-electron chi connectivity index (χ0n) is 14.5. The molecule has 0 radical (unpaired) electrons. The average molecular weight is 440 g/mol. The maximum absolute atomic E-state index is 12.4. The predicted molar refractivity (Wildman–Crippen MR) is 109 cm³/mol. The molecule has 0 atom stereocenters. The summed E-state index contributed by atoms with van der Waals surface area (Å²) < 4.78 is 27.3. The van der Waals surface area contributed by atoms with Crippen molar-refractivity contribution < 1.29 is 8.42 Å². The molecule has 0 spiro atoms. The highest BCUT2D eigenvalue weighted by Gasteiger charge is 2.16. The second-order valence-electron chi connectivity index (χ2n) is 5.96. The molecule has 1 saturated heterocycles. The van der Waals surface area contributed by atoms with E-state index in [1.54, 1.807) is 0 Å². The number of nitrogens with zero attached hydrogens (tertiary/aromatic N) is 1. The Morgan fingerprint density at radius 3 is 2.48 bits per heavy atom. The number of fused-ring (bicyclic) bond motifs is 1. The van der Waals surface area contributed by atoms with Gasteiger partial charge in [-0.1, -0.05) is 0 Å². The first-order valence-corrected chi connectivity index (χ1v) is 9.63. The third-order valence-electron chi connectivity index (χ3n) is 4.17. The first-order valence-electron chi connectivity index (χ1n) is 8.15. The van der Waals surface area contributed by atoms with Crippen molar-refractivity contribution >= 4 is 45.7 Å². The summed E-state index contributed by atoms with van der Waals surface area (Å²) in [7, 11) is -3.71. The molecule has 1 aromatic carbocycles. The van der Waals surface area contributed by atoms with Gasteiger partial charge < -0.3 is 15.2 Å². The van der Waals surface area contributed by atoms with E-state index in [1.165, 1.54) is 18.2 Å². The van der Waals surface area contributed by atoms with E-state index in [0.29, 0.717) is 18.5 Å². The van der Waals surface area contributed by atoms with Crippen LogP contribution in [0.1, 0.15) is 6.42 Å². The fraction of sp³-hybridized carbons (Fsp3) is 0.467. The van der Waals surface area contributed by atoms with Crippen molar-refractivity contribution in [1.82, 2.24) is 24.9 Å². The molecule has 4 N–H and O–H groups in total. The van der Waals surface area contributed by atoms with Crippen LogP contribution in [0, 0.1) is 0 Å². The van der Waals surface area contributed by atoms with Crippen molar-refractivity contribution in [2.24, 2.45) is 0 Å². The maximum atomic E-state index is 12.4. The van der Waals surface area contributed by atoms with E-state index < -0.39 is 21.3 Å². The number of rotatable bonds is 6. The van der Waals surface area contributed by atoms with Crippen LogP contribution in [0.25, 0.3) is 10.9 Å². The number of aromatic nitrogens is 2. The van der Waals surface area contributed by atoms with Crippen molar-refractivity contribution in [3.05, 3.63) is 39.0 Å². The lowest BCUT2D eigenvalue weighted by Gasteiger charge is -2.27. The van der Waals surface area contributed by atoms with E-state index in [4.69, 9.17) is 0 Å². The van der Waals surface area contributed by atoms with E-state index in [1.807, 2.05) is 0 Å². The van der Waals surface area contributed by atoms with Crippen LogP contribution in [0.3, 0.4) is 0 Å². The first kappa shape index (κ1) is 23.6. The second-order valence-corrected chi connectivity index (χ2v) is 7.73. The van der Waals surface area contributed by atoms with E-state index in [2.05, 4.69) is 24.9 Å². The summed E-state index contributed by atoms with van der Waals surface area (Å²) in [6.07, 6.45) is 0.709. The summed E-state index contributed by atoms with van der Waals surface area (Å²) in [6.45, 7) is 5.02. The number of aromatic amines is 2. The van der Waals surface area contributed by atoms with Crippen LogP contribution in [-0.2, 0) is 10.0 Å². The summed E-state index contributed by atoms with van der Waals surface area (Å²) in [5, 5.41) is 3.40. The lowest BCUT2D eigenvalue weighted by Crippen LogP contribution is -2.44. The minimum Gasteiger partial charge on any atom is -0.314 e. The number of halogens is 2. The van der Waals surface area contributed by atoms with Gasteiger partial charge in [0.15, 0.2) is 0 Å². The number of piperazine rings is 1. The molecule has 152 valence electrons. The molecule has 3 rings (SSSR count). The molecule has 1 aliphatic heterocycles. The van der Waals surface area contributed by atoms with Gasteiger partial charge >= 0.3 is 5.69 Å². The molecule has 1 aliphatic rings. The van der Waals surface area contributed by atoms with E-state index >= 15 is 0 Å². The standard InChI is InChI=1S/C15H21N5O4S.2ClH/c21-14-12-10-11(2-3-13(12)18-15(22)19-14)25(23,24)17-4-1-7-20-8-5-16-6-9-20;;/h2-3,10,16-17H,1,4-9H2,(H2,18,19,21,22);2*1H. The van der Waals surface area contributed by atoms with Gasteiger partial charge in [-0.15, -0.1) is 24.8 Å². The first-order chi connectivity index (χ1) is 12.0. The molecular formula is C15H23Cl2N5O4S. The minimum absolute atomic E-state index is 0. The number of hydrogen-bond acceptors (Lipinski definition) is 6. The number of sulfonamides is 1. The molecule has 0 bridgehead atoms. The molecule has 0 amide bonds. The topological polar surface area (TPSA) is 127 Å². The molecule has 0 unspecified atom stereocenters. The van der Waals surface area contributed by atoms with Gasteiger partial charge in [0.25, 0.3) is 5.56 Å². The Labute approximate surface area is 168 Å². The summed E-state index contributed by atoms with van der Waals surface area (Å²) in [5.74, 6) is 0. The van der Waals surface area contributed by atoms with E-state index in [0.717, 1.165) is 32.7 Å². The molecule has 0 saturated carbocycles. The van der Waals surface area contributed by atoms with Crippen molar-refractivity contribution in [3.8, 4) is 0 Å². The Hall–Kier alpha value is -1.43. The second kappa shape index (κ2) is 10.2. The zero-order chi connectivity index (χ0) is 17.9. The zero-order valence-corrected chi connectivity index (χ0v) is 16.9. The van der Waals surface area contributed by atoms with Crippen molar-refractivity contribution in [1.29, 1.82) is 0 Å². The van der Waals surface area contributed by atoms with Crippen molar-refractivity contribution in [2.75, 3.05) is 39.3 Å². The molecule has 2 heterocycles. The van der Waals surface area contributed by atoms with Crippen LogP contribution in [0.15, 0.2) is 32.7 Å². The van der Waals surface area contributed by atoms with Gasteiger partial charge in [-0.2, -0.15) is 0 Å². The van der Waals surface area contributed by atoms with Crippen LogP contribution in [-0.4, -0.2) is 62.6 Å². The molecule has 12 heteroatoms. The SMILES string of the molecule is Cl.Cl.O=c1[nH]c(=O)c2cc(S(=O)(=O)NCCCN3CCNCC3)ccc2[nH]1. The molecule has 0 aliphatic carbocycles. The van der Waals surface area contributed by atoms with Crippen LogP contribution in [0.4, 0.5) is 0 Å². The number of H-pyrrole nitrogens is 2. The molecule has 27 heavy (non-hydrogen) atoms. The molecule has 1 fully saturated rings. The van der Waals surface area contributed by atoms with Gasteiger partial charge in [-0.25, -0.2) is 17.9 Å². The Morgan fingerprint density at radius 2 is 1.78 bits per heavy atom. The van der Waals surface area contributed by atoms with Gasteiger partial charge in [-0.3, -0.25) is 9.78 Å². The molecule has 9 nitrogen and oxygen atoms in total. The fourth-order valence-corrected chi connectivity index (χ4v) is 3.94. The third kappa shape index (κ3) is 6.03. The minimum atomic E-state index is -3.71. The van der Waals surface area contributed by atoms with Gasteiger partial charge in [0.2, 0.25) is 10.0 Å². The number of benzene rings is 1. The van der Waals surface area contributed by atoms with Crippen molar-refractivity contribution in [3.63, 3.8) is 0 Å².